The number of aryl methyl sites for hydroxylation is 2. The molecule has 0 spiro atoms. The first kappa shape index (κ1) is 26.7. The Labute approximate surface area is 233 Å². The normalized spacial score (nSPS) is 17.5. The predicted molar refractivity (Wildman–Crippen MR) is 158 cm³/mol. The zero-order valence-corrected chi connectivity index (χ0v) is 24.0. The maximum Gasteiger partial charge on any atom is 0.266 e. The van der Waals surface area contributed by atoms with Gasteiger partial charge in [0.25, 0.3) is 5.91 Å². The Balaban J connectivity index is 1.54. The summed E-state index contributed by atoms with van der Waals surface area (Å²) in [4.78, 5) is 21.4. The molecule has 1 aliphatic carbocycles. The lowest BCUT2D eigenvalue weighted by molar-refractivity contribution is 0.0604. The Morgan fingerprint density at radius 2 is 1.87 bits per heavy atom. The highest BCUT2D eigenvalue weighted by Gasteiger charge is 2.32. The molecule has 4 aromatic rings. The largest absolute Gasteiger partial charge is 0.496 e. The van der Waals surface area contributed by atoms with E-state index in [0.717, 1.165) is 69.5 Å². The second-order valence-corrected chi connectivity index (χ2v) is 11.6. The summed E-state index contributed by atoms with van der Waals surface area (Å²) in [5, 5.41) is 4.95. The third-order valence-electron chi connectivity index (χ3n) is 7.73. The van der Waals surface area contributed by atoms with Gasteiger partial charge in [0.2, 0.25) is 0 Å². The Kier molecular flexibility index (Phi) is 8.03. The number of thiophene rings is 1. The van der Waals surface area contributed by atoms with Crippen LogP contribution < -0.4 is 10.1 Å². The highest BCUT2D eigenvalue weighted by Crippen LogP contribution is 2.39. The van der Waals surface area contributed by atoms with Gasteiger partial charge < -0.3 is 15.0 Å². The molecule has 1 saturated carbocycles. The number of rotatable bonds is 7. The van der Waals surface area contributed by atoms with Crippen LogP contribution in [0.15, 0.2) is 54.7 Å². The summed E-state index contributed by atoms with van der Waals surface area (Å²) in [7, 11) is 3.70. The van der Waals surface area contributed by atoms with Crippen molar-refractivity contribution in [3.8, 4) is 16.9 Å². The molecule has 0 saturated heterocycles. The standard InChI is InChI=1S/C31H34ClN3O2S/c1-19-6-5-7-27-28(19)29(32)30(38-27)31(36)35(25-13-11-24(33-3)12-14-25)18-23-16-21(10-15-26(23)37-4)22-9-8-20(2)34-17-22/h5-10,15-17,24-25,33H,11-14,18H2,1-4H3/t24-,25-. The van der Waals surface area contributed by atoms with Gasteiger partial charge in [-0.15, -0.1) is 11.3 Å². The lowest BCUT2D eigenvalue weighted by Crippen LogP contribution is -2.44. The van der Waals surface area contributed by atoms with Crippen LogP contribution in [-0.2, 0) is 6.54 Å². The molecule has 0 unspecified atom stereocenters. The number of pyridine rings is 1. The van der Waals surface area contributed by atoms with Crippen LogP contribution in [0, 0.1) is 13.8 Å². The van der Waals surface area contributed by atoms with Crippen LogP contribution in [-0.4, -0.2) is 42.0 Å². The fraction of sp³-hybridized carbons (Fsp3) is 0.355. The van der Waals surface area contributed by atoms with Crippen LogP contribution in [0.1, 0.15) is 52.2 Å². The number of aromatic nitrogens is 1. The number of benzene rings is 2. The van der Waals surface area contributed by atoms with Gasteiger partial charge in [0.15, 0.2) is 0 Å². The van der Waals surface area contributed by atoms with E-state index in [0.29, 0.717) is 22.5 Å². The summed E-state index contributed by atoms with van der Waals surface area (Å²) in [5.74, 6) is 0.766. The smallest absolute Gasteiger partial charge is 0.266 e. The zero-order valence-electron chi connectivity index (χ0n) is 22.4. The van der Waals surface area contributed by atoms with Crippen molar-refractivity contribution in [2.45, 2.75) is 58.2 Å². The van der Waals surface area contributed by atoms with Crippen molar-refractivity contribution in [1.82, 2.24) is 15.2 Å². The molecule has 0 radical (unpaired) electrons. The number of carbonyl (C=O) groups is 1. The van der Waals surface area contributed by atoms with Crippen molar-refractivity contribution in [1.29, 1.82) is 0 Å². The molecule has 7 heteroatoms. The average molecular weight is 548 g/mol. The highest BCUT2D eigenvalue weighted by atomic mass is 35.5. The van der Waals surface area contributed by atoms with Crippen molar-refractivity contribution in [3.05, 3.63) is 81.4 Å². The van der Waals surface area contributed by atoms with Crippen molar-refractivity contribution in [2.24, 2.45) is 0 Å². The van der Waals surface area contributed by atoms with E-state index in [1.54, 1.807) is 7.11 Å². The van der Waals surface area contributed by atoms with Gasteiger partial charge in [-0.05, 0) is 82.0 Å². The van der Waals surface area contributed by atoms with Crippen LogP contribution >= 0.6 is 22.9 Å². The Bertz CT molecular complexity index is 1440. The zero-order chi connectivity index (χ0) is 26.8. The molecule has 38 heavy (non-hydrogen) atoms. The van der Waals surface area contributed by atoms with Crippen LogP contribution in [0.2, 0.25) is 5.02 Å². The number of carbonyl (C=O) groups excluding carboxylic acids is 1. The maximum atomic E-state index is 14.3. The minimum absolute atomic E-state index is 0.00651. The minimum atomic E-state index is -0.00651. The second-order valence-electron chi connectivity index (χ2n) is 10.1. The van der Waals surface area contributed by atoms with Gasteiger partial charge in [0, 0.05) is 51.7 Å². The van der Waals surface area contributed by atoms with E-state index in [4.69, 9.17) is 16.3 Å². The molecule has 0 atom stereocenters. The van der Waals surface area contributed by atoms with E-state index >= 15 is 0 Å². The number of fused-ring (bicyclic) bond motifs is 1. The number of amides is 1. The van der Waals surface area contributed by atoms with Crippen LogP contribution in [0.4, 0.5) is 0 Å². The third kappa shape index (κ3) is 5.31. The van der Waals surface area contributed by atoms with E-state index in [9.17, 15) is 4.79 Å². The number of hydrogen-bond acceptors (Lipinski definition) is 5. The van der Waals surface area contributed by atoms with Crippen LogP contribution in [0.3, 0.4) is 0 Å². The van der Waals surface area contributed by atoms with Crippen LogP contribution in [0.25, 0.3) is 21.2 Å². The van der Waals surface area contributed by atoms with E-state index < -0.39 is 0 Å². The molecular formula is C31H34ClN3O2S. The third-order valence-corrected chi connectivity index (χ3v) is 9.37. The van der Waals surface area contributed by atoms with E-state index in [2.05, 4.69) is 22.4 Å². The van der Waals surface area contributed by atoms with Crippen molar-refractivity contribution in [3.63, 3.8) is 0 Å². The van der Waals surface area contributed by atoms with Gasteiger partial charge in [-0.1, -0.05) is 35.9 Å². The van der Waals surface area contributed by atoms with Crippen molar-refractivity contribution in [2.75, 3.05) is 14.2 Å². The monoisotopic (exact) mass is 547 g/mol. The van der Waals surface area contributed by atoms with Gasteiger partial charge in [0.05, 0.1) is 12.1 Å². The molecule has 2 heterocycles. The van der Waals surface area contributed by atoms with Gasteiger partial charge >= 0.3 is 0 Å². The van der Waals surface area contributed by atoms with E-state index in [-0.39, 0.29) is 11.9 Å². The summed E-state index contributed by atoms with van der Waals surface area (Å²) in [5.41, 5.74) is 5.13. The lowest BCUT2D eigenvalue weighted by Gasteiger charge is -2.37. The molecule has 1 aliphatic rings. The van der Waals surface area contributed by atoms with Gasteiger partial charge in [-0.3, -0.25) is 9.78 Å². The first-order chi connectivity index (χ1) is 18.4. The molecule has 1 fully saturated rings. The first-order valence-electron chi connectivity index (χ1n) is 13.2. The SMILES string of the molecule is CN[C@H]1CC[C@H](N(Cc2cc(-c3ccc(C)nc3)ccc2OC)C(=O)c2sc3cccc(C)c3c2Cl)CC1. The molecule has 5 nitrogen and oxygen atoms in total. The number of nitrogens with one attached hydrogen (secondary N) is 1. The molecule has 1 N–H and O–H groups in total. The van der Waals surface area contributed by atoms with E-state index in [1.807, 2.05) is 68.4 Å². The fourth-order valence-electron chi connectivity index (χ4n) is 5.49. The summed E-state index contributed by atoms with van der Waals surface area (Å²) in [6, 6.07) is 17.0. The molecule has 0 bridgehead atoms. The summed E-state index contributed by atoms with van der Waals surface area (Å²) >= 11 is 8.38. The Morgan fingerprint density at radius 3 is 2.53 bits per heavy atom. The van der Waals surface area contributed by atoms with Gasteiger partial charge in [-0.2, -0.15) is 0 Å². The number of halogens is 1. The van der Waals surface area contributed by atoms with Crippen molar-refractivity contribution < 1.29 is 9.53 Å². The molecular weight excluding hydrogens is 514 g/mol. The lowest BCUT2D eigenvalue weighted by atomic mass is 9.89. The van der Waals surface area contributed by atoms with Gasteiger partial charge in [0.1, 0.15) is 10.6 Å². The van der Waals surface area contributed by atoms with Crippen LogP contribution in [0.5, 0.6) is 5.75 Å². The Hall–Kier alpha value is -2.93. The summed E-state index contributed by atoms with van der Waals surface area (Å²) < 4.78 is 6.81. The number of methoxy groups -OCH3 is 1. The minimum Gasteiger partial charge on any atom is -0.496 e. The molecule has 5 rings (SSSR count). The predicted octanol–water partition coefficient (Wildman–Crippen LogP) is 7.42. The first-order valence-corrected chi connectivity index (χ1v) is 14.3. The molecule has 1 amide bonds. The number of ether oxygens (including phenoxy) is 1. The molecule has 2 aromatic carbocycles. The fourth-order valence-corrected chi connectivity index (χ4v) is 7.12. The molecule has 0 aliphatic heterocycles. The van der Waals surface area contributed by atoms with E-state index in [1.165, 1.54) is 11.3 Å². The Morgan fingerprint density at radius 1 is 1.11 bits per heavy atom. The summed E-state index contributed by atoms with van der Waals surface area (Å²) in [6.45, 7) is 4.48. The maximum absolute atomic E-state index is 14.3. The highest BCUT2D eigenvalue weighted by molar-refractivity contribution is 7.21. The second kappa shape index (κ2) is 11.4. The molecule has 198 valence electrons. The summed E-state index contributed by atoms with van der Waals surface area (Å²) in [6.07, 6.45) is 5.86. The molecule has 2 aromatic heterocycles. The number of hydrogen-bond donors (Lipinski definition) is 1. The average Bonchev–Trinajstić information content (AvgIpc) is 3.29. The van der Waals surface area contributed by atoms with Gasteiger partial charge in [-0.25, -0.2) is 0 Å². The van der Waals surface area contributed by atoms with Crippen molar-refractivity contribution >= 4 is 38.9 Å². The number of nitrogens with zero attached hydrogens (tertiary/aromatic N) is 2. The topological polar surface area (TPSA) is 54.5 Å². The quantitative estimate of drug-likeness (QED) is 0.261.